The van der Waals surface area contributed by atoms with E-state index in [1.807, 2.05) is 5.57 Å². The summed E-state index contributed by atoms with van der Waals surface area (Å²) in [7, 11) is 0. The number of hydrogen-bond donors (Lipinski definition) is 1. The summed E-state index contributed by atoms with van der Waals surface area (Å²) in [5.74, 6) is 5.85. The molecule has 0 aromatic rings. The summed E-state index contributed by atoms with van der Waals surface area (Å²) in [4.78, 5) is 0. The topological polar surface area (TPSA) is 0 Å². The first-order chi connectivity index (χ1) is 8.31. The zero-order valence-corrected chi connectivity index (χ0v) is 12.0. The largest absolute Gasteiger partial charge is 0.179 e. The highest BCUT2D eigenvalue weighted by molar-refractivity contribution is 7.80. The number of hydrogen-bond acceptors (Lipinski definition) is 1. The second-order valence-electron chi connectivity index (χ2n) is 6.60. The fourth-order valence-electron chi connectivity index (χ4n) is 4.88. The SMILES string of the molecule is CC1CCC2C3CCCCC3=CCC2C1CS. The average molecular weight is 250 g/mol. The minimum atomic E-state index is 0.886. The van der Waals surface area contributed by atoms with Crippen molar-refractivity contribution in [3.63, 3.8) is 0 Å². The molecule has 3 rings (SSSR count). The molecule has 0 nitrogen and oxygen atoms in total. The normalized spacial score (nSPS) is 45.8. The molecule has 3 aliphatic rings. The van der Waals surface area contributed by atoms with Gasteiger partial charge in [0, 0.05) is 0 Å². The molecule has 0 radical (unpaired) electrons. The lowest BCUT2D eigenvalue weighted by molar-refractivity contribution is 0.0668. The molecule has 0 amide bonds. The van der Waals surface area contributed by atoms with Gasteiger partial charge in [0.15, 0.2) is 0 Å². The molecule has 0 heterocycles. The fourth-order valence-corrected chi connectivity index (χ4v) is 5.51. The number of allylic oxidation sites excluding steroid dienone is 2. The summed E-state index contributed by atoms with van der Waals surface area (Å²) >= 11 is 4.64. The Hall–Kier alpha value is 0.0900. The Labute approximate surface area is 112 Å². The van der Waals surface area contributed by atoms with Gasteiger partial charge in [-0.15, -0.1) is 0 Å². The van der Waals surface area contributed by atoms with Crippen LogP contribution in [0.5, 0.6) is 0 Å². The molecule has 0 saturated heterocycles. The van der Waals surface area contributed by atoms with Gasteiger partial charge in [0.25, 0.3) is 0 Å². The van der Waals surface area contributed by atoms with Crippen molar-refractivity contribution in [1.29, 1.82) is 0 Å². The predicted octanol–water partition coefficient (Wildman–Crippen LogP) is 4.72. The van der Waals surface area contributed by atoms with Gasteiger partial charge in [0.05, 0.1) is 0 Å². The molecule has 0 aromatic heterocycles. The van der Waals surface area contributed by atoms with E-state index in [0.29, 0.717) is 0 Å². The molecule has 17 heavy (non-hydrogen) atoms. The van der Waals surface area contributed by atoms with Gasteiger partial charge in [-0.1, -0.05) is 31.4 Å². The van der Waals surface area contributed by atoms with Gasteiger partial charge >= 0.3 is 0 Å². The van der Waals surface area contributed by atoms with Gasteiger partial charge in [-0.2, -0.15) is 12.6 Å². The van der Waals surface area contributed by atoms with E-state index in [9.17, 15) is 0 Å². The predicted molar refractivity (Wildman–Crippen MR) is 77.4 cm³/mol. The monoisotopic (exact) mass is 250 g/mol. The molecule has 0 bridgehead atoms. The summed E-state index contributed by atoms with van der Waals surface area (Å²) < 4.78 is 0. The maximum absolute atomic E-state index is 4.64. The van der Waals surface area contributed by atoms with E-state index in [1.54, 1.807) is 0 Å². The smallest absolute Gasteiger partial charge is 0.00641 e. The van der Waals surface area contributed by atoms with Gasteiger partial charge in [0.2, 0.25) is 0 Å². The highest BCUT2D eigenvalue weighted by Gasteiger charge is 2.43. The molecule has 5 unspecified atom stereocenters. The second kappa shape index (κ2) is 4.99. The van der Waals surface area contributed by atoms with E-state index in [2.05, 4.69) is 25.6 Å². The van der Waals surface area contributed by atoms with Gasteiger partial charge in [-0.05, 0) is 67.4 Å². The number of rotatable bonds is 1. The zero-order chi connectivity index (χ0) is 11.8. The van der Waals surface area contributed by atoms with Crippen molar-refractivity contribution < 1.29 is 0 Å². The molecule has 0 spiro atoms. The van der Waals surface area contributed by atoms with Gasteiger partial charge in [0.1, 0.15) is 0 Å². The van der Waals surface area contributed by atoms with E-state index in [1.165, 1.54) is 44.9 Å². The highest BCUT2D eigenvalue weighted by Crippen LogP contribution is 2.52. The molecule has 2 saturated carbocycles. The minimum Gasteiger partial charge on any atom is -0.179 e. The van der Waals surface area contributed by atoms with Crippen LogP contribution in [-0.4, -0.2) is 5.75 Å². The van der Waals surface area contributed by atoms with Crippen LogP contribution < -0.4 is 0 Å². The Morgan fingerprint density at radius 2 is 2.06 bits per heavy atom. The lowest BCUT2D eigenvalue weighted by Crippen LogP contribution is -2.41. The summed E-state index contributed by atoms with van der Waals surface area (Å²) in [6, 6.07) is 0. The van der Waals surface area contributed by atoms with Crippen LogP contribution >= 0.6 is 12.6 Å². The molecular formula is C16H26S. The summed E-state index contributed by atoms with van der Waals surface area (Å²) in [5, 5.41) is 0. The standard InChI is InChI=1S/C16H26S/c1-11-6-8-14-13-5-3-2-4-12(13)7-9-15(14)16(11)10-17/h7,11,13-17H,2-6,8-10H2,1H3. The van der Waals surface area contributed by atoms with Gasteiger partial charge < -0.3 is 0 Å². The molecule has 96 valence electrons. The van der Waals surface area contributed by atoms with Gasteiger partial charge in [-0.25, -0.2) is 0 Å². The van der Waals surface area contributed by atoms with Crippen molar-refractivity contribution in [1.82, 2.24) is 0 Å². The third-order valence-corrected chi connectivity index (χ3v) is 6.29. The molecule has 0 N–H and O–H groups in total. The summed E-state index contributed by atoms with van der Waals surface area (Å²) in [5.41, 5.74) is 1.84. The first-order valence-electron chi connectivity index (χ1n) is 7.61. The van der Waals surface area contributed by atoms with Crippen LogP contribution in [0, 0.1) is 29.6 Å². The average Bonchev–Trinajstić information content (AvgIpc) is 2.38. The van der Waals surface area contributed by atoms with E-state index in [4.69, 9.17) is 0 Å². The maximum atomic E-state index is 4.64. The first kappa shape index (κ1) is 12.1. The molecule has 0 aliphatic heterocycles. The lowest BCUT2D eigenvalue weighted by atomic mass is 9.57. The Balaban J connectivity index is 1.83. The Morgan fingerprint density at radius 1 is 1.18 bits per heavy atom. The van der Waals surface area contributed by atoms with Crippen LogP contribution in [0.2, 0.25) is 0 Å². The van der Waals surface area contributed by atoms with E-state index in [0.717, 1.165) is 35.3 Å². The number of thiol groups is 1. The molecule has 3 aliphatic carbocycles. The Kier molecular flexibility index (Phi) is 3.57. The van der Waals surface area contributed by atoms with E-state index < -0.39 is 0 Å². The highest BCUT2D eigenvalue weighted by atomic mass is 32.1. The fraction of sp³-hybridized carbons (Fsp3) is 0.875. The molecule has 0 aromatic carbocycles. The quantitative estimate of drug-likeness (QED) is 0.505. The van der Waals surface area contributed by atoms with Crippen LogP contribution in [0.15, 0.2) is 11.6 Å². The van der Waals surface area contributed by atoms with Crippen molar-refractivity contribution >= 4 is 12.6 Å². The van der Waals surface area contributed by atoms with Crippen LogP contribution in [0.1, 0.15) is 51.9 Å². The van der Waals surface area contributed by atoms with Crippen LogP contribution in [0.25, 0.3) is 0 Å². The minimum absolute atomic E-state index is 0.886. The van der Waals surface area contributed by atoms with E-state index in [-0.39, 0.29) is 0 Å². The maximum Gasteiger partial charge on any atom is -0.00641 e. The summed E-state index contributed by atoms with van der Waals surface area (Å²) in [6.45, 7) is 2.46. The second-order valence-corrected chi connectivity index (χ2v) is 6.96. The van der Waals surface area contributed by atoms with Crippen LogP contribution in [0.3, 0.4) is 0 Å². The third-order valence-electron chi connectivity index (χ3n) is 5.87. The molecule has 5 atom stereocenters. The summed E-state index contributed by atoms with van der Waals surface area (Å²) in [6.07, 6.45) is 12.8. The van der Waals surface area contributed by atoms with Crippen molar-refractivity contribution in [2.45, 2.75) is 51.9 Å². The lowest BCUT2D eigenvalue weighted by Gasteiger charge is -2.49. The number of fused-ring (bicyclic) bond motifs is 3. The third kappa shape index (κ3) is 2.09. The Morgan fingerprint density at radius 3 is 2.88 bits per heavy atom. The molecule has 2 fully saturated rings. The van der Waals surface area contributed by atoms with Gasteiger partial charge in [-0.3, -0.25) is 0 Å². The van der Waals surface area contributed by atoms with Crippen molar-refractivity contribution in [2.75, 3.05) is 5.75 Å². The zero-order valence-electron chi connectivity index (χ0n) is 11.1. The Bertz CT molecular complexity index is 307. The first-order valence-corrected chi connectivity index (χ1v) is 8.24. The molecule has 1 heteroatoms. The van der Waals surface area contributed by atoms with E-state index >= 15 is 0 Å². The van der Waals surface area contributed by atoms with Crippen LogP contribution in [-0.2, 0) is 0 Å². The van der Waals surface area contributed by atoms with Crippen molar-refractivity contribution in [3.8, 4) is 0 Å². The van der Waals surface area contributed by atoms with Crippen molar-refractivity contribution in [2.24, 2.45) is 29.6 Å². The molecular weight excluding hydrogens is 224 g/mol. The van der Waals surface area contributed by atoms with Crippen molar-refractivity contribution in [3.05, 3.63) is 11.6 Å². The van der Waals surface area contributed by atoms with Crippen LogP contribution in [0.4, 0.5) is 0 Å².